The lowest BCUT2D eigenvalue weighted by molar-refractivity contribution is 0.0806. The smallest absolute Gasteiger partial charge is 0.176 e. The molecule has 0 heterocycles. The van der Waals surface area contributed by atoms with Crippen molar-refractivity contribution in [2.75, 3.05) is 20.7 Å². The second kappa shape index (κ2) is 4.98. The van der Waals surface area contributed by atoms with Crippen LogP contribution in [0.5, 0.6) is 0 Å². The van der Waals surface area contributed by atoms with Gasteiger partial charge in [-0.3, -0.25) is 4.79 Å². The Morgan fingerprint density at radius 3 is 2.82 bits per heavy atom. The maximum absolute atomic E-state index is 11.8. The van der Waals surface area contributed by atoms with Gasteiger partial charge in [-0.05, 0) is 31.5 Å². The van der Waals surface area contributed by atoms with Crippen molar-refractivity contribution in [2.45, 2.75) is 24.9 Å². The van der Waals surface area contributed by atoms with Crippen LogP contribution in [-0.4, -0.2) is 32.1 Å². The number of carbonyl (C=O) groups excluding carboxylic acids is 1. The van der Waals surface area contributed by atoms with Crippen molar-refractivity contribution in [2.24, 2.45) is 0 Å². The monoisotopic (exact) mass is 233 g/mol. The Bertz CT molecular complexity index is 410. The molecule has 0 saturated heterocycles. The number of nitrogens with one attached hydrogen (secondary N) is 1. The van der Waals surface area contributed by atoms with Crippen LogP contribution in [0.15, 0.2) is 24.3 Å². The van der Waals surface area contributed by atoms with E-state index in [-0.39, 0.29) is 11.4 Å². The lowest BCUT2D eigenvalue weighted by atomic mass is 10.0. The summed E-state index contributed by atoms with van der Waals surface area (Å²) in [7, 11) is 3.55. The van der Waals surface area contributed by atoms with Gasteiger partial charge >= 0.3 is 0 Å². The van der Waals surface area contributed by atoms with E-state index in [1.165, 1.54) is 5.56 Å². The van der Waals surface area contributed by atoms with E-state index in [9.17, 15) is 4.79 Å². The van der Waals surface area contributed by atoms with E-state index in [0.29, 0.717) is 6.54 Å². The van der Waals surface area contributed by atoms with E-state index in [2.05, 4.69) is 11.4 Å². The summed E-state index contributed by atoms with van der Waals surface area (Å²) in [5.74, 6) is 0.136. The highest BCUT2D eigenvalue weighted by Crippen LogP contribution is 2.41. The molecule has 0 aromatic heterocycles. The highest BCUT2D eigenvalue weighted by Gasteiger charge is 2.42. The average Bonchev–Trinajstić information content (AvgIpc) is 3.10. The Morgan fingerprint density at radius 2 is 2.24 bits per heavy atom. The molecule has 1 saturated carbocycles. The van der Waals surface area contributed by atoms with E-state index in [4.69, 9.17) is 4.74 Å². The molecule has 1 aromatic carbocycles. The first-order valence-corrected chi connectivity index (χ1v) is 6.01. The third kappa shape index (κ3) is 2.93. The third-order valence-electron chi connectivity index (χ3n) is 3.35. The summed E-state index contributed by atoms with van der Waals surface area (Å²) in [5.41, 5.74) is 2.01. The lowest BCUT2D eigenvalue weighted by Gasteiger charge is -2.13. The molecule has 1 aliphatic rings. The first-order chi connectivity index (χ1) is 8.19. The molecule has 92 valence electrons. The molecular weight excluding hydrogens is 214 g/mol. The molecule has 17 heavy (non-hydrogen) atoms. The minimum atomic E-state index is 0.0463. The minimum Gasteiger partial charge on any atom is -0.378 e. The fourth-order valence-electron chi connectivity index (χ4n) is 2.08. The molecule has 1 fully saturated rings. The first-order valence-electron chi connectivity index (χ1n) is 6.01. The second-order valence-corrected chi connectivity index (χ2v) is 4.72. The maximum atomic E-state index is 11.8. The zero-order chi connectivity index (χ0) is 12.3. The van der Waals surface area contributed by atoms with Crippen LogP contribution in [0.25, 0.3) is 0 Å². The van der Waals surface area contributed by atoms with Crippen LogP contribution in [0.3, 0.4) is 0 Å². The molecule has 3 heteroatoms. The molecule has 1 aromatic rings. The number of benzene rings is 1. The summed E-state index contributed by atoms with van der Waals surface area (Å²) in [6, 6.07) is 7.87. The standard InChI is InChI=1S/C14H19NO2/c1-15-10-13(16)12-5-3-4-11(8-12)9-14(17-2)6-7-14/h3-5,8,15H,6-7,9-10H2,1-2H3. The highest BCUT2D eigenvalue weighted by molar-refractivity contribution is 5.97. The number of ketones is 1. The number of ether oxygens (including phenoxy) is 1. The maximum Gasteiger partial charge on any atom is 0.176 e. The summed E-state index contributed by atoms with van der Waals surface area (Å²) in [5, 5.41) is 2.88. The van der Waals surface area contributed by atoms with Gasteiger partial charge in [0.2, 0.25) is 0 Å². The van der Waals surface area contributed by atoms with Crippen molar-refractivity contribution in [3.63, 3.8) is 0 Å². The van der Waals surface area contributed by atoms with E-state index in [1.54, 1.807) is 14.2 Å². The molecular formula is C14H19NO2. The Morgan fingerprint density at radius 1 is 1.47 bits per heavy atom. The molecule has 0 bridgehead atoms. The van der Waals surface area contributed by atoms with Gasteiger partial charge < -0.3 is 10.1 Å². The SMILES string of the molecule is CNCC(=O)c1cccc(CC2(OC)CC2)c1. The number of hydrogen-bond acceptors (Lipinski definition) is 3. The van der Waals surface area contributed by atoms with E-state index in [0.717, 1.165) is 24.8 Å². The van der Waals surface area contributed by atoms with Gasteiger partial charge in [-0.2, -0.15) is 0 Å². The number of hydrogen-bond donors (Lipinski definition) is 1. The number of likely N-dealkylation sites (N-methyl/N-ethyl adjacent to an activating group) is 1. The number of methoxy groups -OCH3 is 1. The Balaban J connectivity index is 2.09. The molecule has 0 unspecified atom stereocenters. The van der Waals surface area contributed by atoms with E-state index in [1.807, 2.05) is 18.2 Å². The number of carbonyl (C=O) groups is 1. The van der Waals surface area contributed by atoms with Crippen molar-refractivity contribution in [3.8, 4) is 0 Å². The van der Waals surface area contributed by atoms with Crippen molar-refractivity contribution in [1.82, 2.24) is 5.32 Å². The zero-order valence-electron chi connectivity index (χ0n) is 10.5. The molecule has 1 N–H and O–H groups in total. The molecule has 1 aliphatic carbocycles. The summed E-state index contributed by atoms with van der Waals surface area (Å²) in [6.07, 6.45) is 3.15. The van der Waals surface area contributed by atoms with E-state index < -0.39 is 0 Å². The van der Waals surface area contributed by atoms with Gasteiger partial charge in [0, 0.05) is 19.1 Å². The number of rotatable bonds is 6. The summed E-state index contributed by atoms with van der Waals surface area (Å²) in [4.78, 5) is 11.8. The zero-order valence-corrected chi connectivity index (χ0v) is 10.5. The van der Waals surface area contributed by atoms with Crippen molar-refractivity contribution >= 4 is 5.78 Å². The number of Topliss-reactive ketones (excluding diaryl/α,β-unsaturated/α-hetero) is 1. The van der Waals surface area contributed by atoms with Gasteiger partial charge in [0.1, 0.15) is 0 Å². The fraction of sp³-hybridized carbons (Fsp3) is 0.500. The van der Waals surface area contributed by atoms with Crippen LogP contribution in [0.2, 0.25) is 0 Å². The van der Waals surface area contributed by atoms with Crippen molar-refractivity contribution in [1.29, 1.82) is 0 Å². The summed E-state index contributed by atoms with van der Waals surface area (Å²) >= 11 is 0. The van der Waals surface area contributed by atoms with Gasteiger partial charge in [0.05, 0.1) is 12.1 Å². The summed E-state index contributed by atoms with van der Waals surface area (Å²) < 4.78 is 5.50. The van der Waals surface area contributed by atoms with E-state index >= 15 is 0 Å². The van der Waals surface area contributed by atoms with Crippen molar-refractivity contribution in [3.05, 3.63) is 35.4 Å². The second-order valence-electron chi connectivity index (χ2n) is 4.72. The molecule has 0 aliphatic heterocycles. The molecule has 2 rings (SSSR count). The van der Waals surface area contributed by atoms with Crippen LogP contribution < -0.4 is 5.32 Å². The van der Waals surface area contributed by atoms with Gasteiger partial charge in [0.15, 0.2) is 5.78 Å². The van der Waals surface area contributed by atoms with Gasteiger partial charge in [-0.25, -0.2) is 0 Å². The quantitative estimate of drug-likeness (QED) is 0.762. The topological polar surface area (TPSA) is 38.3 Å². The van der Waals surface area contributed by atoms with Crippen LogP contribution >= 0.6 is 0 Å². The molecule has 3 nitrogen and oxygen atoms in total. The summed E-state index contributed by atoms with van der Waals surface area (Å²) in [6.45, 7) is 0.388. The van der Waals surface area contributed by atoms with Crippen LogP contribution in [-0.2, 0) is 11.2 Å². The van der Waals surface area contributed by atoms with Crippen LogP contribution in [0.1, 0.15) is 28.8 Å². The largest absolute Gasteiger partial charge is 0.378 e. The normalized spacial score (nSPS) is 16.8. The van der Waals surface area contributed by atoms with Crippen molar-refractivity contribution < 1.29 is 9.53 Å². The van der Waals surface area contributed by atoms with Gasteiger partial charge in [0.25, 0.3) is 0 Å². The molecule has 0 radical (unpaired) electrons. The van der Waals surface area contributed by atoms with Gasteiger partial charge in [-0.1, -0.05) is 18.2 Å². The average molecular weight is 233 g/mol. The minimum absolute atomic E-state index is 0.0463. The van der Waals surface area contributed by atoms with Crippen LogP contribution in [0, 0.1) is 0 Å². The molecule has 0 spiro atoms. The predicted octanol–water partition coefficient (Wildman–Crippen LogP) is 1.81. The Labute approximate surface area is 102 Å². The Hall–Kier alpha value is -1.19. The lowest BCUT2D eigenvalue weighted by Crippen LogP contribution is -2.19. The highest BCUT2D eigenvalue weighted by atomic mass is 16.5. The van der Waals surface area contributed by atoms with Gasteiger partial charge in [-0.15, -0.1) is 0 Å². The predicted molar refractivity (Wildman–Crippen MR) is 67.4 cm³/mol. The van der Waals surface area contributed by atoms with Crippen LogP contribution in [0.4, 0.5) is 0 Å². The first kappa shape index (κ1) is 12.3. The fourth-order valence-corrected chi connectivity index (χ4v) is 2.08. The molecule has 0 amide bonds. The third-order valence-corrected chi connectivity index (χ3v) is 3.35. The molecule has 0 atom stereocenters. The Kier molecular flexibility index (Phi) is 3.60.